The molecule has 1 heterocycles. The van der Waals surface area contributed by atoms with Gasteiger partial charge in [-0.15, -0.1) is 0 Å². The summed E-state index contributed by atoms with van der Waals surface area (Å²) in [4.78, 5) is 17.2. The lowest BCUT2D eigenvalue weighted by molar-refractivity contribution is -0.120. The Morgan fingerprint density at radius 2 is 1.74 bits per heavy atom. The van der Waals surface area contributed by atoms with Crippen LogP contribution in [0.1, 0.15) is 23.6 Å². The Kier molecular flexibility index (Phi) is 5.78. The lowest BCUT2D eigenvalue weighted by atomic mass is 10.1. The maximum Gasteiger partial charge on any atom is 0.241 e. The number of anilines is 2. The molecule has 1 aliphatic rings. The molecule has 0 aliphatic carbocycles. The Morgan fingerprint density at radius 1 is 1.07 bits per heavy atom. The maximum atomic E-state index is 12.6. The van der Waals surface area contributed by atoms with E-state index in [1.807, 2.05) is 6.92 Å². The van der Waals surface area contributed by atoms with Gasteiger partial charge >= 0.3 is 0 Å². The van der Waals surface area contributed by atoms with Gasteiger partial charge in [0.25, 0.3) is 0 Å². The number of piperazine rings is 1. The molecule has 0 radical (unpaired) electrons. The highest BCUT2D eigenvalue weighted by molar-refractivity contribution is 5.94. The van der Waals surface area contributed by atoms with Crippen LogP contribution in [0.2, 0.25) is 0 Å². The first-order chi connectivity index (χ1) is 13.0. The van der Waals surface area contributed by atoms with Crippen molar-refractivity contribution in [1.29, 1.82) is 5.26 Å². The van der Waals surface area contributed by atoms with E-state index in [9.17, 15) is 4.79 Å². The molecule has 1 aliphatic heterocycles. The molecule has 0 unspecified atom stereocenters. The third-order valence-electron chi connectivity index (χ3n) is 5.44. The molecular formula is C22H26N4O. The lowest BCUT2D eigenvalue weighted by Crippen LogP contribution is -2.53. The summed E-state index contributed by atoms with van der Waals surface area (Å²) in [6.07, 6.45) is 0. The average Bonchev–Trinajstić information content (AvgIpc) is 2.70. The topological polar surface area (TPSA) is 59.4 Å². The number of carbonyl (C=O) groups excluding carboxylic acids is 1. The molecule has 0 aromatic heterocycles. The van der Waals surface area contributed by atoms with Crippen LogP contribution in [0.5, 0.6) is 0 Å². The summed E-state index contributed by atoms with van der Waals surface area (Å²) >= 11 is 0. The third kappa shape index (κ3) is 4.29. The quantitative estimate of drug-likeness (QED) is 0.906. The van der Waals surface area contributed by atoms with Crippen molar-refractivity contribution in [2.45, 2.75) is 26.8 Å². The maximum absolute atomic E-state index is 12.6. The molecule has 5 nitrogen and oxygen atoms in total. The monoisotopic (exact) mass is 362 g/mol. The Bertz CT molecular complexity index is 846. The average molecular weight is 362 g/mol. The predicted molar refractivity (Wildman–Crippen MR) is 109 cm³/mol. The summed E-state index contributed by atoms with van der Waals surface area (Å²) < 4.78 is 0. The van der Waals surface area contributed by atoms with Crippen molar-refractivity contribution in [3.63, 3.8) is 0 Å². The van der Waals surface area contributed by atoms with Crippen LogP contribution >= 0.6 is 0 Å². The van der Waals surface area contributed by atoms with Crippen LogP contribution in [-0.2, 0) is 4.79 Å². The number of carbonyl (C=O) groups is 1. The molecule has 5 heteroatoms. The second-order valence-corrected chi connectivity index (χ2v) is 7.10. The predicted octanol–water partition coefficient (Wildman–Crippen LogP) is 3.32. The molecule has 3 rings (SSSR count). The smallest absolute Gasteiger partial charge is 0.241 e. The number of hydrogen-bond acceptors (Lipinski definition) is 4. The van der Waals surface area contributed by atoms with Crippen LogP contribution in [0.15, 0.2) is 42.5 Å². The second kappa shape index (κ2) is 8.24. The SMILES string of the molecule is Cc1cccc(N2CCN([C@@H](C)C(=O)Nc3ccc(C#N)cc3)CC2)c1C. The highest BCUT2D eigenvalue weighted by Gasteiger charge is 2.26. The number of hydrogen-bond donors (Lipinski definition) is 1. The first-order valence-corrected chi connectivity index (χ1v) is 9.36. The van der Waals surface area contributed by atoms with Crippen LogP contribution in [0.4, 0.5) is 11.4 Å². The molecule has 0 bridgehead atoms. The van der Waals surface area contributed by atoms with Crippen LogP contribution in [0, 0.1) is 25.2 Å². The van der Waals surface area contributed by atoms with Crippen LogP contribution in [0.3, 0.4) is 0 Å². The van der Waals surface area contributed by atoms with Crippen molar-refractivity contribution in [3.05, 3.63) is 59.2 Å². The van der Waals surface area contributed by atoms with Gasteiger partial charge in [0.15, 0.2) is 0 Å². The van der Waals surface area contributed by atoms with Crippen LogP contribution in [0.25, 0.3) is 0 Å². The summed E-state index contributed by atoms with van der Waals surface area (Å²) in [6.45, 7) is 9.81. The van der Waals surface area contributed by atoms with Gasteiger partial charge in [-0.1, -0.05) is 12.1 Å². The largest absolute Gasteiger partial charge is 0.369 e. The van der Waals surface area contributed by atoms with E-state index < -0.39 is 0 Å². The highest BCUT2D eigenvalue weighted by Crippen LogP contribution is 2.24. The number of amides is 1. The molecule has 1 N–H and O–H groups in total. The molecule has 140 valence electrons. The Balaban J connectivity index is 1.57. The van der Waals surface area contributed by atoms with Gasteiger partial charge in [-0.2, -0.15) is 5.26 Å². The van der Waals surface area contributed by atoms with Crippen molar-refractivity contribution in [2.24, 2.45) is 0 Å². The van der Waals surface area contributed by atoms with Crippen molar-refractivity contribution in [1.82, 2.24) is 4.90 Å². The molecule has 1 atom stereocenters. The fourth-order valence-electron chi connectivity index (χ4n) is 3.47. The molecule has 1 amide bonds. The number of aryl methyl sites for hydroxylation is 1. The first kappa shape index (κ1) is 18.9. The number of nitrogens with one attached hydrogen (secondary N) is 1. The summed E-state index contributed by atoms with van der Waals surface area (Å²) in [5.41, 5.74) is 5.25. The van der Waals surface area contributed by atoms with Crippen LogP contribution < -0.4 is 10.2 Å². The molecule has 1 saturated heterocycles. The van der Waals surface area contributed by atoms with Gasteiger partial charge in [0, 0.05) is 37.6 Å². The molecular weight excluding hydrogens is 336 g/mol. The van der Waals surface area contributed by atoms with Gasteiger partial charge in [-0.25, -0.2) is 0 Å². The van der Waals surface area contributed by atoms with E-state index in [-0.39, 0.29) is 11.9 Å². The zero-order valence-corrected chi connectivity index (χ0v) is 16.2. The van der Waals surface area contributed by atoms with E-state index in [0.29, 0.717) is 5.56 Å². The first-order valence-electron chi connectivity index (χ1n) is 9.36. The van der Waals surface area contributed by atoms with Gasteiger partial charge in [0.1, 0.15) is 0 Å². The second-order valence-electron chi connectivity index (χ2n) is 7.10. The molecule has 0 spiro atoms. The van der Waals surface area contributed by atoms with Crippen molar-refractivity contribution < 1.29 is 4.79 Å². The number of nitrogens with zero attached hydrogens (tertiary/aromatic N) is 3. The van der Waals surface area contributed by atoms with E-state index in [4.69, 9.17) is 5.26 Å². The summed E-state index contributed by atoms with van der Waals surface area (Å²) in [5, 5.41) is 11.8. The normalized spacial score (nSPS) is 15.9. The van der Waals surface area contributed by atoms with Crippen molar-refractivity contribution in [2.75, 3.05) is 36.4 Å². The minimum atomic E-state index is -0.193. The van der Waals surface area contributed by atoms with Gasteiger partial charge in [-0.05, 0) is 62.2 Å². The number of rotatable bonds is 4. The zero-order valence-electron chi connectivity index (χ0n) is 16.2. The fraction of sp³-hybridized carbons (Fsp3) is 0.364. The van der Waals surface area contributed by atoms with E-state index in [1.165, 1.54) is 16.8 Å². The number of nitriles is 1. The number of benzene rings is 2. The zero-order chi connectivity index (χ0) is 19.4. The summed E-state index contributed by atoms with van der Waals surface area (Å²) in [5.74, 6) is -0.0140. The Hall–Kier alpha value is -2.84. The summed E-state index contributed by atoms with van der Waals surface area (Å²) in [7, 11) is 0. The van der Waals surface area contributed by atoms with Gasteiger partial charge in [-0.3, -0.25) is 9.69 Å². The van der Waals surface area contributed by atoms with Crippen molar-refractivity contribution >= 4 is 17.3 Å². The lowest BCUT2D eigenvalue weighted by Gasteiger charge is -2.39. The van der Waals surface area contributed by atoms with Gasteiger partial charge in [0.05, 0.1) is 17.7 Å². The minimum Gasteiger partial charge on any atom is -0.369 e. The van der Waals surface area contributed by atoms with Gasteiger partial charge in [0.2, 0.25) is 5.91 Å². The van der Waals surface area contributed by atoms with E-state index >= 15 is 0 Å². The molecule has 1 fully saturated rings. The van der Waals surface area contributed by atoms with E-state index in [1.54, 1.807) is 24.3 Å². The van der Waals surface area contributed by atoms with E-state index in [0.717, 1.165) is 31.9 Å². The standard InChI is InChI=1S/C22H26N4O/c1-16-5-4-6-21(17(16)2)26-13-11-25(12-14-26)18(3)22(27)24-20-9-7-19(15-23)8-10-20/h4-10,18H,11-14H2,1-3H3,(H,24,27)/t18-/m0/s1. The summed E-state index contributed by atoms with van der Waals surface area (Å²) in [6, 6.07) is 15.3. The molecule has 0 saturated carbocycles. The fourth-order valence-corrected chi connectivity index (χ4v) is 3.47. The Labute approximate surface area is 161 Å². The molecule has 2 aromatic rings. The molecule has 27 heavy (non-hydrogen) atoms. The van der Waals surface area contributed by atoms with Crippen LogP contribution in [-0.4, -0.2) is 43.0 Å². The van der Waals surface area contributed by atoms with Gasteiger partial charge < -0.3 is 10.2 Å². The Morgan fingerprint density at radius 3 is 2.37 bits per heavy atom. The van der Waals surface area contributed by atoms with E-state index in [2.05, 4.69) is 53.2 Å². The molecule has 2 aromatic carbocycles. The third-order valence-corrected chi connectivity index (χ3v) is 5.44. The highest BCUT2D eigenvalue weighted by atomic mass is 16.2. The van der Waals surface area contributed by atoms with Crippen molar-refractivity contribution in [3.8, 4) is 6.07 Å². The minimum absolute atomic E-state index is 0.0140.